The van der Waals surface area contributed by atoms with Gasteiger partial charge in [0.2, 0.25) is 0 Å². The van der Waals surface area contributed by atoms with Crippen molar-refractivity contribution in [1.29, 1.82) is 15.8 Å². The summed E-state index contributed by atoms with van der Waals surface area (Å²) in [5.41, 5.74) is 1.05. The van der Waals surface area contributed by atoms with Gasteiger partial charge in [0.05, 0.1) is 5.02 Å². The molecule has 1 aromatic rings. The molecule has 0 aliphatic rings. The first-order valence-corrected chi connectivity index (χ1v) is 5.87. The van der Waals surface area contributed by atoms with Gasteiger partial charge in [-0.3, -0.25) is 0 Å². The molecule has 0 bridgehead atoms. The number of hydrogen-bond acceptors (Lipinski definition) is 4. The molecule has 0 radical (unpaired) electrons. The number of nitriles is 3. The zero-order valence-corrected chi connectivity index (χ0v) is 11.6. The highest BCUT2D eigenvalue weighted by Crippen LogP contribution is 2.29. The van der Waals surface area contributed by atoms with E-state index >= 15 is 0 Å². The zero-order chi connectivity index (χ0) is 13.7. The Kier molecular flexibility index (Phi) is 4.75. The molecule has 1 rings (SSSR count). The van der Waals surface area contributed by atoms with Gasteiger partial charge in [-0.2, -0.15) is 15.8 Å². The van der Waals surface area contributed by atoms with Gasteiger partial charge in [0.15, 0.2) is 5.57 Å². The lowest BCUT2D eigenvalue weighted by Crippen LogP contribution is -2.02. The predicted molar refractivity (Wildman–Crippen MR) is 71.4 cm³/mol. The van der Waals surface area contributed by atoms with Crippen molar-refractivity contribution in [3.05, 3.63) is 38.5 Å². The second-order valence-electron chi connectivity index (χ2n) is 3.29. The first kappa shape index (κ1) is 14.1. The Morgan fingerprint density at radius 3 is 2.33 bits per heavy atom. The van der Waals surface area contributed by atoms with E-state index in [0.29, 0.717) is 15.2 Å². The van der Waals surface area contributed by atoms with Crippen LogP contribution in [0.25, 0.3) is 0 Å². The van der Waals surface area contributed by atoms with Crippen molar-refractivity contribution in [1.82, 2.24) is 0 Å². The van der Waals surface area contributed by atoms with Crippen LogP contribution in [0, 0.1) is 40.9 Å². The maximum atomic E-state index is 8.92. The van der Waals surface area contributed by atoms with Crippen LogP contribution < -0.4 is 5.32 Å². The number of hydrogen-bond donors (Lipinski definition) is 1. The van der Waals surface area contributed by atoms with Crippen LogP contribution in [-0.2, 0) is 0 Å². The van der Waals surface area contributed by atoms with E-state index in [0.717, 1.165) is 5.56 Å². The van der Waals surface area contributed by atoms with Gasteiger partial charge in [-0.05, 0) is 40.5 Å². The number of rotatable bonds is 2. The number of benzene rings is 1. The monoisotopic (exact) mass is 320 g/mol. The van der Waals surface area contributed by atoms with Gasteiger partial charge in [0, 0.05) is 10.2 Å². The Bertz CT molecular complexity index is 628. The third-order valence-electron chi connectivity index (χ3n) is 2.11. The van der Waals surface area contributed by atoms with Gasteiger partial charge in [0.1, 0.15) is 23.9 Å². The summed E-state index contributed by atoms with van der Waals surface area (Å²) in [6.07, 6.45) is 0. The molecule has 1 aromatic carbocycles. The molecule has 0 aliphatic heterocycles. The van der Waals surface area contributed by atoms with Crippen LogP contribution in [0.15, 0.2) is 27.9 Å². The lowest BCUT2D eigenvalue weighted by molar-refractivity contribution is 1.34. The van der Waals surface area contributed by atoms with Crippen LogP contribution in [0.1, 0.15) is 5.56 Å². The summed E-state index contributed by atoms with van der Waals surface area (Å²) in [6, 6.07) is 8.51. The van der Waals surface area contributed by atoms with E-state index in [9.17, 15) is 0 Å². The minimum atomic E-state index is -0.261. The fourth-order valence-corrected chi connectivity index (χ4v) is 1.76. The lowest BCUT2D eigenvalue weighted by atomic mass is 10.2. The molecule has 0 saturated carbocycles. The minimum absolute atomic E-state index is 0.0858. The molecular formula is C12H6BrClN4. The molecule has 0 aliphatic carbocycles. The molecule has 4 nitrogen and oxygen atoms in total. The second-order valence-corrected chi connectivity index (χ2v) is 4.55. The largest absolute Gasteiger partial charge is 0.345 e. The molecule has 0 fully saturated rings. The predicted octanol–water partition coefficient (Wildman–Crippen LogP) is 3.65. The van der Waals surface area contributed by atoms with Gasteiger partial charge in [-0.15, -0.1) is 0 Å². The highest BCUT2D eigenvalue weighted by atomic mass is 79.9. The Balaban J connectivity index is 3.26. The Labute approximate surface area is 118 Å². The average molecular weight is 322 g/mol. The summed E-state index contributed by atoms with van der Waals surface area (Å²) in [5, 5.41) is 29.7. The van der Waals surface area contributed by atoms with E-state index in [2.05, 4.69) is 21.2 Å². The number of anilines is 1. The molecular weight excluding hydrogens is 316 g/mol. The topological polar surface area (TPSA) is 83.4 Å². The van der Waals surface area contributed by atoms with E-state index in [1.54, 1.807) is 37.3 Å². The lowest BCUT2D eigenvalue weighted by Gasteiger charge is -2.09. The molecule has 0 spiro atoms. The Hall–Kier alpha value is -2.00. The molecule has 0 unspecified atom stereocenters. The summed E-state index contributed by atoms with van der Waals surface area (Å²) in [5.74, 6) is 0. The molecule has 18 heavy (non-hydrogen) atoms. The first-order chi connectivity index (χ1) is 8.53. The van der Waals surface area contributed by atoms with Crippen LogP contribution in [0.2, 0.25) is 5.02 Å². The van der Waals surface area contributed by atoms with Crippen molar-refractivity contribution in [3.8, 4) is 18.2 Å². The van der Waals surface area contributed by atoms with Crippen molar-refractivity contribution in [2.45, 2.75) is 6.92 Å². The van der Waals surface area contributed by atoms with Crippen LogP contribution in [0.4, 0.5) is 5.69 Å². The quantitative estimate of drug-likeness (QED) is 0.843. The van der Waals surface area contributed by atoms with Crippen LogP contribution in [0.5, 0.6) is 0 Å². The third-order valence-corrected chi connectivity index (χ3v) is 3.31. The van der Waals surface area contributed by atoms with E-state index in [4.69, 9.17) is 27.4 Å². The summed E-state index contributed by atoms with van der Waals surface area (Å²) in [7, 11) is 0. The van der Waals surface area contributed by atoms with Gasteiger partial charge < -0.3 is 5.32 Å². The average Bonchev–Trinajstić information content (AvgIpc) is 2.35. The molecule has 0 heterocycles. The third kappa shape index (κ3) is 3.02. The van der Waals surface area contributed by atoms with Crippen LogP contribution >= 0.6 is 27.5 Å². The molecule has 0 atom stereocenters. The molecule has 0 aromatic heterocycles. The summed E-state index contributed by atoms with van der Waals surface area (Å²) in [6.45, 7) is 1.80. The van der Waals surface area contributed by atoms with Gasteiger partial charge in [-0.25, -0.2) is 0 Å². The maximum Gasteiger partial charge on any atom is 0.163 e. The number of nitrogens with one attached hydrogen (secondary N) is 1. The Morgan fingerprint density at radius 1 is 1.22 bits per heavy atom. The maximum absolute atomic E-state index is 8.92. The highest BCUT2D eigenvalue weighted by molar-refractivity contribution is 9.10. The normalized spacial score (nSPS) is 8.67. The van der Waals surface area contributed by atoms with E-state index < -0.39 is 0 Å². The number of nitrogens with zero attached hydrogens (tertiary/aromatic N) is 3. The van der Waals surface area contributed by atoms with Gasteiger partial charge in [0.25, 0.3) is 0 Å². The van der Waals surface area contributed by atoms with Crippen molar-refractivity contribution in [3.63, 3.8) is 0 Å². The van der Waals surface area contributed by atoms with Crippen molar-refractivity contribution in [2.24, 2.45) is 0 Å². The van der Waals surface area contributed by atoms with Crippen molar-refractivity contribution >= 4 is 33.2 Å². The fraction of sp³-hybridized carbons (Fsp3) is 0.0833. The molecule has 1 N–H and O–H groups in total. The molecule has 88 valence electrons. The number of halogens is 2. The fourth-order valence-electron chi connectivity index (χ4n) is 1.20. The van der Waals surface area contributed by atoms with Crippen LogP contribution in [-0.4, -0.2) is 0 Å². The van der Waals surface area contributed by atoms with Crippen molar-refractivity contribution < 1.29 is 0 Å². The number of allylic oxidation sites excluding steroid dienone is 2. The zero-order valence-electron chi connectivity index (χ0n) is 9.25. The molecule has 6 heteroatoms. The van der Waals surface area contributed by atoms with Gasteiger partial charge in [-0.1, -0.05) is 11.6 Å². The minimum Gasteiger partial charge on any atom is -0.345 e. The standard InChI is InChI=1S/C12H6BrClN4/c1-7-2-10(14)9(13)3-11(7)18-12(6-17)8(4-15)5-16/h2-3,18H,1H3. The van der Waals surface area contributed by atoms with Crippen molar-refractivity contribution in [2.75, 3.05) is 5.32 Å². The summed E-state index contributed by atoms with van der Waals surface area (Å²) < 4.78 is 0.657. The highest BCUT2D eigenvalue weighted by Gasteiger charge is 2.09. The molecule has 0 saturated heterocycles. The van der Waals surface area contributed by atoms with E-state index in [1.807, 2.05) is 0 Å². The van der Waals surface area contributed by atoms with Gasteiger partial charge >= 0.3 is 0 Å². The van der Waals surface area contributed by atoms with Crippen LogP contribution in [0.3, 0.4) is 0 Å². The van der Waals surface area contributed by atoms with E-state index in [1.165, 1.54) is 0 Å². The summed E-state index contributed by atoms with van der Waals surface area (Å²) in [4.78, 5) is 0. The van der Waals surface area contributed by atoms with E-state index in [-0.39, 0.29) is 11.3 Å². The second kappa shape index (κ2) is 6.07. The molecule has 0 amide bonds. The Morgan fingerprint density at radius 2 is 1.83 bits per heavy atom. The smallest absolute Gasteiger partial charge is 0.163 e. The summed E-state index contributed by atoms with van der Waals surface area (Å²) >= 11 is 9.18. The SMILES string of the molecule is Cc1cc(Cl)c(Br)cc1NC(C#N)=C(C#N)C#N. The number of aryl methyl sites for hydroxylation is 1. The first-order valence-electron chi connectivity index (χ1n) is 4.70.